The van der Waals surface area contributed by atoms with E-state index >= 15 is 0 Å². The summed E-state index contributed by atoms with van der Waals surface area (Å²) in [5.41, 5.74) is 1.59. The molecule has 0 saturated carbocycles. The lowest BCUT2D eigenvalue weighted by Crippen LogP contribution is -1.71. The normalized spacial score (nSPS) is 15.7. The fraction of sp³-hybridized carbons (Fsp3) is 0.500. The van der Waals surface area contributed by atoms with Crippen LogP contribution in [-0.4, -0.2) is 0 Å². The zero-order valence-corrected chi connectivity index (χ0v) is 7.47. The second kappa shape index (κ2) is 2.59. The van der Waals surface area contributed by atoms with Crippen molar-refractivity contribution in [3.63, 3.8) is 0 Å². The van der Waals surface area contributed by atoms with Gasteiger partial charge in [0, 0.05) is 15.5 Å². The molecule has 0 N–H and O–H groups in total. The second-order valence-corrected chi connectivity index (χ2v) is 4.21. The first-order chi connectivity index (χ1) is 4.90. The molecule has 1 aliphatic carbocycles. The van der Waals surface area contributed by atoms with Crippen molar-refractivity contribution in [1.29, 1.82) is 0 Å². The van der Waals surface area contributed by atoms with Gasteiger partial charge in [-0.05, 0) is 30.9 Å². The van der Waals surface area contributed by atoms with Crippen molar-refractivity contribution in [2.24, 2.45) is 0 Å². The molecule has 54 valence electrons. The van der Waals surface area contributed by atoms with E-state index in [2.05, 4.69) is 18.7 Å². The Hall–Kier alpha value is 0.0500. The van der Waals surface area contributed by atoms with Gasteiger partial charge in [0.25, 0.3) is 0 Å². The highest BCUT2D eigenvalue weighted by atomic mass is 32.1. The van der Waals surface area contributed by atoms with Crippen molar-refractivity contribution in [2.75, 3.05) is 0 Å². The molecule has 0 aliphatic heterocycles. The molecule has 0 fully saturated rings. The quantitative estimate of drug-likeness (QED) is 0.615. The average Bonchev–Trinajstić information content (AvgIpc) is 2.42. The zero-order valence-electron chi connectivity index (χ0n) is 5.76. The van der Waals surface area contributed by atoms with Crippen molar-refractivity contribution < 1.29 is 0 Å². The van der Waals surface area contributed by atoms with Gasteiger partial charge in [0.05, 0.1) is 0 Å². The lowest BCUT2D eigenvalue weighted by Gasteiger charge is -1.85. The number of hydrogen-bond donors (Lipinski definition) is 1. The Morgan fingerprint density at radius 3 is 3.10 bits per heavy atom. The zero-order chi connectivity index (χ0) is 6.97. The van der Waals surface area contributed by atoms with Crippen LogP contribution in [0.3, 0.4) is 0 Å². The Morgan fingerprint density at radius 1 is 1.50 bits per heavy atom. The Labute approximate surface area is 70.7 Å². The standard InChI is InChI=1S/C8H10S2/c9-5-7-4-6-2-1-3-8(6)10-7/h4,9H,1-3,5H2. The molecule has 0 nitrogen and oxygen atoms in total. The average molecular weight is 170 g/mol. The molecule has 2 heteroatoms. The second-order valence-electron chi connectivity index (χ2n) is 2.67. The number of rotatable bonds is 1. The minimum Gasteiger partial charge on any atom is -0.174 e. The number of aryl methyl sites for hydroxylation is 2. The maximum absolute atomic E-state index is 4.24. The molecule has 1 heterocycles. The summed E-state index contributed by atoms with van der Waals surface area (Å²) in [6, 6.07) is 2.32. The number of fused-ring (bicyclic) bond motifs is 1. The van der Waals surface area contributed by atoms with E-state index in [1.54, 1.807) is 10.4 Å². The van der Waals surface area contributed by atoms with Gasteiger partial charge < -0.3 is 0 Å². The molecule has 0 spiro atoms. The molecule has 1 aliphatic rings. The van der Waals surface area contributed by atoms with Gasteiger partial charge in [-0.15, -0.1) is 11.3 Å². The Morgan fingerprint density at radius 2 is 2.40 bits per heavy atom. The minimum absolute atomic E-state index is 0.914. The van der Waals surface area contributed by atoms with Gasteiger partial charge in [-0.3, -0.25) is 0 Å². The van der Waals surface area contributed by atoms with Crippen LogP contribution in [0.15, 0.2) is 6.07 Å². The minimum atomic E-state index is 0.914. The van der Waals surface area contributed by atoms with Crippen molar-refractivity contribution in [3.8, 4) is 0 Å². The summed E-state index contributed by atoms with van der Waals surface area (Å²) in [7, 11) is 0. The maximum Gasteiger partial charge on any atom is 0.0248 e. The molecule has 0 amide bonds. The first kappa shape index (κ1) is 6.74. The highest BCUT2D eigenvalue weighted by Crippen LogP contribution is 2.30. The fourth-order valence-corrected chi connectivity index (χ4v) is 2.87. The number of hydrogen-bond acceptors (Lipinski definition) is 2. The largest absolute Gasteiger partial charge is 0.174 e. The first-order valence-corrected chi connectivity index (χ1v) is 5.06. The molecular weight excluding hydrogens is 160 g/mol. The summed E-state index contributed by atoms with van der Waals surface area (Å²) in [5, 5.41) is 0. The van der Waals surface area contributed by atoms with Crippen molar-refractivity contribution in [2.45, 2.75) is 25.0 Å². The van der Waals surface area contributed by atoms with E-state index in [-0.39, 0.29) is 0 Å². The van der Waals surface area contributed by atoms with Gasteiger partial charge in [-0.2, -0.15) is 12.6 Å². The number of thiophene rings is 1. The molecule has 2 rings (SSSR count). The molecule has 1 aromatic heterocycles. The van der Waals surface area contributed by atoms with Crippen LogP contribution in [0, 0.1) is 0 Å². The maximum atomic E-state index is 4.24. The van der Waals surface area contributed by atoms with Crippen LogP contribution in [-0.2, 0) is 18.6 Å². The fourth-order valence-electron chi connectivity index (χ4n) is 1.47. The van der Waals surface area contributed by atoms with Crippen LogP contribution in [0.25, 0.3) is 0 Å². The van der Waals surface area contributed by atoms with Crippen molar-refractivity contribution >= 4 is 24.0 Å². The molecule has 0 aromatic carbocycles. The van der Waals surface area contributed by atoms with Gasteiger partial charge in [0.2, 0.25) is 0 Å². The van der Waals surface area contributed by atoms with Crippen LogP contribution >= 0.6 is 24.0 Å². The van der Waals surface area contributed by atoms with E-state index in [9.17, 15) is 0 Å². The topological polar surface area (TPSA) is 0 Å². The van der Waals surface area contributed by atoms with Crippen molar-refractivity contribution in [1.82, 2.24) is 0 Å². The van der Waals surface area contributed by atoms with Crippen LogP contribution in [0.2, 0.25) is 0 Å². The van der Waals surface area contributed by atoms with Gasteiger partial charge in [0.1, 0.15) is 0 Å². The molecule has 10 heavy (non-hydrogen) atoms. The molecule has 1 aromatic rings. The van der Waals surface area contributed by atoms with E-state index in [0.717, 1.165) is 5.75 Å². The lowest BCUT2D eigenvalue weighted by atomic mass is 10.2. The predicted octanol–water partition coefficient (Wildman–Crippen LogP) is 2.67. The monoisotopic (exact) mass is 170 g/mol. The first-order valence-electron chi connectivity index (χ1n) is 3.61. The third-order valence-corrected chi connectivity index (χ3v) is 3.75. The molecular formula is C8H10S2. The summed E-state index contributed by atoms with van der Waals surface area (Å²) in [5.74, 6) is 0.914. The van der Waals surface area contributed by atoms with Gasteiger partial charge in [0.15, 0.2) is 0 Å². The summed E-state index contributed by atoms with van der Waals surface area (Å²) in [4.78, 5) is 3.05. The smallest absolute Gasteiger partial charge is 0.0248 e. The molecule has 0 atom stereocenters. The van der Waals surface area contributed by atoms with Crippen molar-refractivity contribution in [3.05, 3.63) is 21.4 Å². The Balaban J connectivity index is 2.37. The van der Waals surface area contributed by atoms with E-state index in [1.165, 1.54) is 24.1 Å². The van der Waals surface area contributed by atoms with Crippen LogP contribution < -0.4 is 0 Å². The Bertz CT molecular complexity index is 216. The van der Waals surface area contributed by atoms with E-state index in [1.807, 2.05) is 11.3 Å². The van der Waals surface area contributed by atoms with Gasteiger partial charge in [-0.25, -0.2) is 0 Å². The predicted molar refractivity (Wildman–Crippen MR) is 49.0 cm³/mol. The summed E-state index contributed by atoms with van der Waals surface area (Å²) in [6.07, 6.45) is 3.99. The lowest BCUT2D eigenvalue weighted by molar-refractivity contribution is 0.914. The highest BCUT2D eigenvalue weighted by Gasteiger charge is 2.13. The molecule has 0 bridgehead atoms. The van der Waals surface area contributed by atoms with E-state index in [4.69, 9.17) is 0 Å². The third kappa shape index (κ3) is 0.995. The van der Waals surface area contributed by atoms with Gasteiger partial charge in [-0.1, -0.05) is 0 Å². The van der Waals surface area contributed by atoms with Crippen LogP contribution in [0.5, 0.6) is 0 Å². The van der Waals surface area contributed by atoms with Gasteiger partial charge >= 0.3 is 0 Å². The van der Waals surface area contributed by atoms with E-state index in [0.29, 0.717) is 0 Å². The number of thiol groups is 1. The Kier molecular flexibility index (Phi) is 1.75. The van der Waals surface area contributed by atoms with Crippen LogP contribution in [0.4, 0.5) is 0 Å². The molecule has 0 unspecified atom stereocenters. The highest BCUT2D eigenvalue weighted by molar-refractivity contribution is 7.79. The summed E-state index contributed by atoms with van der Waals surface area (Å²) >= 11 is 6.19. The summed E-state index contributed by atoms with van der Waals surface area (Å²) in [6.45, 7) is 0. The molecule has 0 radical (unpaired) electrons. The molecule has 0 saturated heterocycles. The third-order valence-electron chi connectivity index (χ3n) is 1.95. The van der Waals surface area contributed by atoms with Crippen LogP contribution in [0.1, 0.15) is 21.7 Å². The SMILES string of the molecule is SCc1cc2c(s1)CCC2. The summed E-state index contributed by atoms with van der Waals surface area (Å²) < 4.78 is 0. The van der Waals surface area contributed by atoms with E-state index < -0.39 is 0 Å².